The molecule has 1 aromatic heterocycles. The normalized spacial score (nSPS) is 14.2. The number of ether oxygens (including phenoxy) is 1. The van der Waals surface area contributed by atoms with Crippen LogP contribution in [0, 0.1) is 12.7 Å². The Bertz CT molecular complexity index is 1460. The molecule has 0 saturated heterocycles. The van der Waals surface area contributed by atoms with E-state index in [4.69, 9.17) is 16.3 Å². The van der Waals surface area contributed by atoms with Crippen LogP contribution in [0.2, 0.25) is 5.02 Å². The number of pyridine rings is 1. The first-order valence-corrected chi connectivity index (χ1v) is 14.6. The summed E-state index contributed by atoms with van der Waals surface area (Å²) in [6.45, 7) is 5.79. The molecule has 1 heterocycles. The van der Waals surface area contributed by atoms with Crippen molar-refractivity contribution in [2.75, 3.05) is 17.1 Å². The number of aryl methyl sites for hydroxylation is 1. The molecular weight excluding hydrogens is 553 g/mol. The molecule has 40 heavy (non-hydrogen) atoms. The van der Waals surface area contributed by atoms with Gasteiger partial charge in [-0.1, -0.05) is 37.6 Å². The Kier molecular flexibility index (Phi) is 9.65. The number of hydrogen-bond donors (Lipinski definition) is 4. The molecule has 0 aliphatic heterocycles. The quantitative estimate of drug-likeness (QED) is 0.189. The lowest BCUT2D eigenvalue weighted by molar-refractivity contribution is 0.0948. The van der Waals surface area contributed by atoms with Crippen molar-refractivity contribution in [2.24, 2.45) is 7.05 Å². The van der Waals surface area contributed by atoms with Gasteiger partial charge in [0.25, 0.3) is 11.5 Å². The smallest absolute Gasteiger partial charge is 0.259 e. The first-order chi connectivity index (χ1) is 19.3. The van der Waals surface area contributed by atoms with Crippen molar-refractivity contribution in [2.45, 2.75) is 58.4 Å². The fourth-order valence-corrected chi connectivity index (χ4v) is 4.85. The first-order valence-electron chi connectivity index (χ1n) is 13.4. The van der Waals surface area contributed by atoms with Crippen LogP contribution in [0.25, 0.3) is 0 Å². The maximum Gasteiger partial charge on any atom is 0.259 e. The lowest BCUT2D eigenvalue weighted by Gasteiger charge is -2.23. The molecule has 8 nitrogen and oxygen atoms in total. The standard InChI is InChI=1S/C27H29ClFN5O3S.C2H6/c1-14-7-12-18(17(29)13-14)32-25-22(26(35)31-16-10-11-16)24(21(15-8-9-15)27(36)34(25)3)37-20-6-4-5-19(23(20)28)33-38-30-2;1-2/h4-7,12-13,15-16,30,32-33H,8-11H2,1-3H3,(H,31,35);1-2H3. The highest BCUT2D eigenvalue weighted by atomic mass is 35.5. The van der Waals surface area contributed by atoms with Gasteiger partial charge in [0.2, 0.25) is 0 Å². The summed E-state index contributed by atoms with van der Waals surface area (Å²) >= 11 is 7.90. The van der Waals surface area contributed by atoms with E-state index in [9.17, 15) is 14.0 Å². The molecule has 2 aromatic carbocycles. The van der Waals surface area contributed by atoms with E-state index in [0.29, 0.717) is 16.3 Å². The van der Waals surface area contributed by atoms with E-state index in [1.807, 2.05) is 13.8 Å². The lowest BCUT2D eigenvalue weighted by Crippen LogP contribution is -2.32. The third kappa shape index (κ3) is 6.56. The Morgan fingerprint density at radius 2 is 1.85 bits per heavy atom. The van der Waals surface area contributed by atoms with Gasteiger partial charge in [0, 0.05) is 25.2 Å². The van der Waals surface area contributed by atoms with Crippen LogP contribution in [-0.2, 0) is 7.05 Å². The largest absolute Gasteiger partial charge is 0.454 e. The molecule has 11 heteroatoms. The van der Waals surface area contributed by atoms with Gasteiger partial charge < -0.3 is 20.1 Å². The topological polar surface area (TPSA) is 96.4 Å². The Labute approximate surface area is 243 Å². The minimum atomic E-state index is -0.497. The zero-order valence-electron chi connectivity index (χ0n) is 23.3. The van der Waals surface area contributed by atoms with Crippen molar-refractivity contribution in [3.63, 3.8) is 0 Å². The van der Waals surface area contributed by atoms with Crippen LogP contribution in [-0.4, -0.2) is 23.6 Å². The van der Waals surface area contributed by atoms with Crippen LogP contribution >= 0.6 is 23.7 Å². The van der Waals surface area contributed by atoms with Gasteiger partial charge >= 0.3 is 0 Å². The Morgan fingerprint density at radius 1 is 1.12 bits per heavy atom. The van der Waals surface area contributed by atoms with E-state index in [1.54, 1.807) is 51.4 Å². The van der Waals surface area contributed by atoms with Crippen molar-refractivity contribution in [1.82, 2.24) is 14.6 Å². The van der Waals surface area contributed by atoms with Crippen molar-refractivity contribution < 1.29 is 13.9 Å². The number of aromatic nitrogens is 1. The summed E-state index contributed by atoms with van der Waals surface area (Å²) in [5.41, 5.74) is 1.74. The first kappa shape index (κ1) is 29.8. The van der Waals surface area contributed by atoms with Gasteiger partial charge in [-0.25, -0.2) is 9.11 Å². The number of anilines is 3. The molecule has 4 N–H and O–H groups in total. The molecule has 3 aromatic rings. The van der Waals surface area contributed by atoms with E-state index in [0.717, 1.165) is 31.2 Å². The molecule has 0 unspecified atom stereocenters. The summed E-state index contributed by atoms with van der Waals surface area (Å²) < 4.78 is 28.6. The van der Waals surface area contributed by atoms with Crippen LogP contribution in [0.3, 0.4) is 0 Å². The second-order valence-corrected chi connectivity index (χ2v) is 10.8. The van der Waals surface area contributed by atoms with E-state index < -0.39 is 11.7 Å². The van der Waals surface area contributed by atoms with E-state index in [-0.39, 0.29) is 46.1 Å². The minimum absolute atomic E-state index is 0.0405. The van der Waals surface area contributed by atoms with Crippen molar-refractivity contribution >= 4 is 46.8 Å². The van der Waals surface area contributed by atoms with Gasteiger partial charge in [0.1, 0.15) is 28.0 Å². The number of hydrogen-bond acceptors (Lipinski definition) is 7. The van der Waals surface area contributed by atoms with E-state index >= 15 is 0 Å². The number of nitrogens with one attached hydrogen (secondary N) is 4. The number of nitrogens with zero attached hydrogens (tertiary/aromatic N) is 1. The summed E-state index contributed by atoms with van der Waals surface area (Å²) in [7, 11) is 3.34. The number of rotatable bonds is 10. The molecule has 0 radical (unpaired) electrons. The third-order valence-corrected chi connectivity index (χ3v) is 7.44. The lowest BCUT2D eigenvalue weighted by atomic mass is 10.1. The van der Waals surface area contributed by atoms with Gasteiger partial charge in [-0.05, 0) is 75.4 Å². The average Bonchev–Trinajstić information content (AvgIpc) is 3.87. The Balaban J connectivity index is 0.00000181. The van der Waals surface area contributed by atoms with Crippen LogP contribution in [0.4, 0.5) is 21.6 Å². The maximum atomic E-state index is 14.9. The van der Waals surface area contributed by atoms with Crippen molar-refractivity contribution in [1.29, 1.82) is 0 Å². The fraction of sp³-hybridized carbons (Fsp3) is 0.379. The molecule has 0 bridgehead atoms. The number of amides is 1. The highest BCUT2D eigenvalue weighted by Crippen LogP contribution is 2.48. The van der Waals surface area contributed by atoms with Gasteiger partial charge in [-0.3, -0.25) is 14.2 Å². The number of carbonyl (C=O) groups is 1. The molecular formula is C29H35ClFN5O3S. The Morgan fingerprint density at radius 3 is 2.48 bits per heavy atom. The molecule has 1 amide bonds. The van der Waals surface area contributed by atoms with Gasteiger partial charge in [-0.15, -0.1) is 0 Å². The summed E-state index contributed by atoms with van der Waals surface area (Å²) in [6.07, 6.45) is 3.37. The van der Waals surface area contributed by atoms with E-state index in [1.165, 1.54) is 22.8 Å². The second-order valence-electron chi connectivity index (χ2n) is 9.59. The number of halogens is 2. The molecule has 0 spiro atoms. The molecule has 2 saturated carbocycles. The summed E-state index contributed by atoms with van der Waals surface area (Å²) in [6, 6.07) is 10.0. The summed E-state index contributed by atoms with van der Waals surface area (Å²) in [4.78, 5) is 27.4. The predicted octanol–water partition coefficient (Wildman–Crippen LogP) is 7.01. The zero-order valence-corrected chi connectivity index (χ0v) is 24.9. The van der Waals surface area contributed by atoms with Crippen LogP contribution in [0.15, 0.2) is 41.2 Å². The van der Waals surface area contributed by atoms with Crippen LogP contribution < -0.4 is 30.4 Å². The number of benzene rings is 2. The SMILES string of the molecule is CC.CNSNc1cccc(Oc2c(C(=O)NC3CC3)c(Nc3ccc(C)cc3F)n(C)c(=O)c2C2CC2)c1Cl. The van der Waals surface area contributed by atoms with Crippen molar-refractivity contribution in [3.05, 3.63) is 74.3 Å². The van der Waals surface area contributed by atoms with E-state index in [2.05, 4.69) is 20.1 Å². The van der Waals surface area contributed by atoms with Crippen LogP contribution in [0.5, 0.6) is 11.5 Å². The summed E-state index contributed by atoms with van der Waals surface area (Å²) in [5.74, 6) is -0.358. The predicted molar refractivity (Wildman–Crippen MR) is 162 cm³/mol. The molecule has 2 aliphatic rings. The zero-order chi connectivity index (χ0) is 29.0. The fourth-order valence-electron chi connectivity index (χ4n) is 4.20. The maximum absolute atomic E-state index is 14.9. The highest BCUT2D eigenvalue weighted by molar-refractivity contribution is 7.98. The molecule has 2 fully saturated rings. The Hall–Kier alpha value is -3.21. The second kappa shape index (κ2) is 13.0. The molecule has 0 atom stereocenters. The minimum Gasteiger partial charge on any atom is -0.454 e. The summed E-state index contributed by atoms with van der Waals surface area (Å²) in [5, 5.41) is 6.31. The highest BCUT2D eigenvalue weighted by Gasteiger charge is 2.37. The monoisotopic (exact) mass is 587 g/mol. The van der Waals surface area contributed by atoms with Crippen molar-refractivity contribution in [3.8, 4) is 11.5 Å². The third-order valence-electron chi connectivity index (χ3n) is 6.52. The van der Waals surface area contributed by atoms with Gasteiger partial charge in [-0.2, -0.15) is 0 Å². The van der Waals surface area contributed by atoms with Crippen LogP contribution in [0.1, 0.15) is 66.9 Å². The van der Waals surface area contributed by atoms with Gasteiger partial charge in [0.15, 0.2) is 5.75 Å². The average molecular weight is 588 g/mol. The molecule has 5 rings (SSSR count). The van der Waals surface area contributed by atoms with Gasteiger partial charge in [0.05, 0.1) is 16.9 Å². The molecule has 2 aliphatic carbocycles. The molecule has 214 valence electrons. The number of carbonyl (C=O) groups excluding carboxylic acids is 1.